The summed E-state index contributed by atoms with van der Waals surface area (Å²) >= 11 is 0. The van der Waals surface area contributed by atoms with Crippen LogP contribution in [0.3, 0.4) is 0 Å². The Labute approximate surface area is 666 Å². The maximum atomic E-state index is 13.7. The van der Waals surface area contributed by atoms with Crippen LogP contribution in [-0.4, -0.2) is 160 Å². The largest absolute Gasteiger partial charge is 0.480 e. The standard InChI is InChI=1S/C44H51N7O7.C30H29N5O.C7H13NO4.4H2S/c1-24(2)38(48-43(55)57-5)41(53)50-15-7-9-35(50)32-19-30(22-45-32)28-13-11-27-18-29(14-12-26(27)17-28)31-20-34-40(46-23-31)37(52)21-33(47-34)36-10-8-16-51(36)42(54)39(25(3)4)49-44(56)58-6;36-29-15-27(25-4-2-10-32-25)35-28-14-23(17-34-30(28)29)21-8-6-18-11-20(7-5-19(18)12-21)22-13-26(33-16-22)24-3-1-9-31-24;1-4(2)5(6(9)10)8-7(11)12-3;;;;/h11-14,17-18,20-25,35-36,38-39H,7-10,15-16,19H2,1-6H3,(H,47,52)(H,48,55)(H,49,56);5-8,11-12,14-17,24-25,31-32H,1-4,9-10,13H2,(H,35,36);4-5H,1-3H3,(H,8,11)(H,9,10);4*1H2/t35-,36?,38-,39-;24-,25?;5-;;;;/m000..../s1. The summed E-state index contributed by atoms with van der Waals surface area (Å²) in [5, 5.41) is 27.7. The molecule has 4 aromatic heterocycles. The number of benzene rings is 4. The minimum Gasteiger partial charge on any atom is -0.480 e. The molecule has 586 valence electrons. The number of allylic oxidation sites excluding steroid dienone is 2. The van der Waals surface area contributed by atoms with Gasteiger partial charge in [0.2, 0.25) is 22.7 Å². The molecule has 29 heteroatoms. The first-order valence-electron chi connectivity index (χ1n) is 36.6. The molecular weight excluding hydrogens is 1480 g/mol. The van der Waals surface area contributed by atoms with E-state index < -0.39 is 42.4 Å². The number of H-pyrrole nitrogens is 2. The molecule has 10 heterocycles. The van der Waals surface area contributed by atoms with Crippen molar-refractivity contribution in [2.45, 2.75) is 148 Å². The molecule has 8 N–H and O–H groups in total. The van der Waals surface area contributed by atoms with Crippen molar-refractivity contribution in [3.05, 3.63) is 165 Å². The Balaban J connectivity index is 0.000000248. The summed E-state index contributed by atoms with van der Waals surface area (Å²) in [7, 11) is 3.75. The monoisotopic (exact) mass is 1580 g/mol. The number of carbonyl (C=O) groups excluding carboxylic acids is 5. The van der Waals surface area contributed by atoms with Crippen LogP contribution in [0.25, 0.3) is 77.0 Å². The Hall–Kier alpha value is -9.52. The number of rotatable bonds is 17. The van der Waals surface area contributed by atoms with Crippen LogP contribution in [0.1, 0.15) is 140 Å². The third-order valence-electron chi connectivity index (χ3n) is 20.9. The van der Waals surface area contributed by atoms with E-state index in [1.807, 2.05) is 57.1 Å². The SMILES string of the molecule is COC(=O)N[C@H](C(=O)N1CCCC1c1cc(=O)c2ncc(-c3ccc4cc(C5=CN=C([C@@H]6CCCN6C(=O)[C@@H](NC(=O)OC)C(C)C)C5)ccc4c3)cc2[nH]1)C(C)C.COC(=O)N[C@H](C(=O)O)C(C)C.O=c1cc(C2CCCN2)[nH]c2cc(-c3ccc4cc(C5=CN=C([C@@H]6CCCN6)C5)ccc4c3)cnc12.S.S.S.S. The van der Waals surface area contributed by atoms with Crippen molar-refractivity contribution in [3.63, 3.8) is 0 Å². The van der Waals surface area contributed by atoms with Crippen molar-refractivity contribution < 1.29 is 48.1 Å². The van der Waals surface area contributed by atoms with Crippen LogP contribution in [0.15, 0.2) is 141 Å². The molecule has 4 saturated heterocycles. The second-order valence-electron chi connectivity index (χ2n) is 29.0. The molecule has 2 unspecified atom stereocenters. The van der Waals surface area contributed by atoms with E-state index in [1.165, 1.54) is 67.9 Å². The number of aromatic nitrogens is 4. The summed E-state index contributed by atoms with van der Waals surface area (Å²) in [4.78, 5) is 128. The fourth-order valence-corrected chi connectivity index (χ4v) is 15.0. The van der Waals surface area contributed by atoms with Gasteiger partial charge < -0.3 is 65.7 Å². The quantitative estimate of drug-likeness (QED) is 0.0393. The van der Waals surface area contributed by atoms with Gasteiger partial charge in [0.15, 0.2) is 0 Å². The number of carboxylic acid groups (broad SMARTS) is 1. The van der Waals surface area contributed by atoms with Gasteiger partial charge >= 0.3 is 24.2 Å². The van der Waals surface area contributed by atoms with Crippen molar-refractivity contribution in [2.75, 3.05) is 47.5 Å². The topological polar surface area (TPSA) is 333 Å². The van der Waals surface area contributed by atoms with E-state index in [4.69, 9.17) is 24.6 Å². The number of carboxylic acids is 1. The highest BCUT2D eigenvalue weighted by Crippen LogP contribution is 2.37. The lowest BCUT2D eigenvalue weighted by Gasteiger charge is -2.31. The number of nitrogens with one attached hydrogen (secondary N) is 7. The fourth-order valence-electron chi connectivity index (χ4n) is 15.0. The second-order valence-corrected chi connectivity index (χ2v) is 29.0. The van der Waals surface area contributed by atoms with Crippen LogP contribution < -0.4 is 37.4 Å². The Bertz CT molecular complexity index is 4970. The molecule has 0 aliphatic carbocycles. The van der Waals surface area contributed by atoms with Gasteiger partial charge in [-0.25, -0.2) is 29.1 Å². The average Bonchev–Trinajstić information content (AvgIpc) is 1.18. The third kappa shape index (κ3) is 19.6. The molecule has 4 aromatic carbocycles. The van der Waals surface area contributed by atoms with Crippen LogP contribution in [-0.2, 0) is 28.6 Å². The van der Waals surface area contributed by atoms with Gasteiger partial charge in [-0.05, 0) is 174 Å². The van der Waals surface area contributed by atoms with E-state index in [0.29, 0.717) is 54.2 Å². The Morgan fingerprint density at radius 1 is 0.464 bits per heavy atom. The number of aliphatic carboxylic acids is 1. The van der Waals surface area contributed by atoms with Crippen LogP contribution in [0.5, 0.6) is 0 Å². The van der Waals surface area contributed by atoms with E-state index in [0.717, 1.165) is 113 Å². The summed E-state index contributed by atoms with van der Waals surface area (Å²) in [6.07, 6.45) is 14.7. The number of hydrogen-bond donors (Lipinski definition) is 8. The molecule has 110 heavy (non-hydrogen) atoms. The predicted molar refractivity (Wildman–Crippen MR) is 452 cm³/mol. The minimum absolute atomic E-state index is 0. The molecule has 14 rings (SSSR count). The van der Waals surface area contributed by atoms with Gasteiger partial charge in [-0.3, -0.25) is 29.2 Å². The molecule has 0 bridgehead atoms. The molecule has 0 radical (unpaired) electrons. The van der Waals surface area contributed by atoms with Gasteiger partial charge in [0.05, 0.1) is 44.4 Å². The lowest BCUT2D eigenvalue weighted by atomic mass is 9.95. The highest BCUT2D eigenvalue weighted by molar-refractivity contribution is 7.59. The zero-order valence-electron chi connectivity index (χ0n) is 63.3. The third-order valence-corrected chi connectivity index (χ3v) is 20.9. The van der Waals surface area contributed by atoms with Gasteiger partial charge in [-0.15, -0.1) is 0 Å². The van der Waals surface area contributed by atoms with Gasteiger partial charge in [0, 0.05) is 109 Å². The highest BCUT2D eigenvalue weighted by atomic mass is 32.1. The molecule has 0 spiro atoms. The van der Waals surface area contributed by atoms with E-state index in [2.05, 4.69) is 124 Å². The summed E-state index contributed by atoms with van der Waals surface area (Å²) in [6.45, 7) is 14.2. The van der Waals surface area contributed by atoms with Gasteiger partial charge in [0.25, 0.3) is 0 Å². The number of ether oxygens (including phenoxy) is 3. The summed E-state index contributed by atoms with van der Waals surface area (Å²) < 4.78 is 13.8. The van der Waals surface area contributed by atoms with Gasteiger partial charge in [0.1, 0.15) is 29.2 Å². The predicted octanol–water partition coefficient (Wildman–Crippen LogP) is 12.4. The number of aromatic amines is 2. The van der Waals surface area contributed by atoms with Crippen molar-refractivity contribution in [1.29, 1.82) is 0 Å². The molecule has 5 amide bonds. The Morgan fingerprint density at radius 2 is 0.855 bits per heavy atom. The van der Waals surface area contributed by atoms with Crippen molar-refractivity contribution in [2.24, 2.45) is 27.7 Å². The molecule has 7 atom stereocenters. The van der Waals surface area contributed by atoms with E-state index in [9.17, 15) is 38.4 Å². The molecule has 4 fully saturated rings. The van der Waals surface area contributed by atoms with Crippen LogP contribution in [0.4, 0.5) is 14.4 Å². The van der Waals surface area contributed by atoms with Crippen molar-refractivity contribution >= 4 is 156 Å². The number of fused-ring (bicyclic) bond motifs is 4. The molecule has 8 aromatic rings. The number of hydrogen-bond acceptors (Lipinski definition) is 17. The first-order chi connectivity index (χ1) is 51.1. The van der Waals surface area contributed by atoms with E-state index in [-0.39, 0.29) is 113 Å². The number of alkyl carbamates (subject to hydrolysis) is 3. The smallest absolute Gasteiger partial charge is 0.407 e. The lowest BCUT2D eigenvalue weighted by Crippen LogP contribution is -2.53. The van der Waals surface area contributed by atoms with Crippen LogP contribution >= 0.6 is 54.0 Å². The number of aliphatic imine (C=N–C) groups is 2. The summed E-state index contributed by atoms with van der Waals surface area (Å²) in [5.74, 6) is -1.83. The number of methoxy groups -OCH3 is 3. The normalized spacial score (nSPS) is 18.5. The average molecular weight is 1580 g/mol. The molecule has 6 aliphatic rings. The highest BCUT2D eigenvalue weighted by Gasteiger charge is 2.40. The van der Waals surface area contributed by atoms with Gasteiger partial charge in [-0.1, -0.05) is 90.1 Å². The zero-order valence-corrected chi connectivity index (χ0v) is 67.3. The van der Waals surface area contributed by atoms with Crippen LogP contribution in [0, 0.1) is 17.8 Å². The molecular formula is C81H101N13O12S4. The van der Waals surface area contributed by atoms with Crippen molar-refractivity contribution in [1.82, 2.24) is 56.3 Å². The Kier molecular flexibility index (Phi) is 30.1. The number of nitrogens with zero attached hydrogens (tertiary/aromatic N) is 6. The van der Waals surface area contributed by atoms with Gasteiger partial charge in [-0.2, -0.15) is 54.0 Å². The van der Waals surface area contributed by atoms with Crippen LogP contribution in [0.2, 0.25) is 0 Å². The maximum absolute atomic E-state index is 13.7. The minimum atomic E-state index is -1.06. The maximum Gasteiger partial charge on any atom is 0.407 e. The molecule has 25 nitrogen and oxygen atoms in total. The fraction of sp³-hybridized carbons (Fsp3) is 0.407. The van der Waals surface area contributed by atoms with E-state index in [1.54, 1.807) is 37.2 Å². The lowest BCUT2D eigenvalue weighted by molar-refractivity contribution is -0.140. The molecule has 6 aliphatic heterocycles. The van der Waals surface area contributed by atoms with Crippen molar-refractivity contribution in [3.8, 4) is 22.3 Å². The number of likely N-dealkylation sites (tertiary alicyclic amines) is 2. The first kappa shape index (κ1) is 86.1. The molecule has 0 saturated carbocycles. The van der Waals surface area contributed by atoms with E-state index >= 15 is 0 Å². The zero-order chi connectivity index (χ0) is 75.0. The number of carbonyl (C=O) groups is 6. The first-order valence-corrected chi connectivity index (χ1v) is 36.6. The second kappa shape index (κ2) is 38.4. The summed E-state index contributed by atoms with van der Waals surface area (Å²) in [6, 6.07) is 30.8. The Morgan fingerprint density at radius 3 is 1.29 bits per heavy atom. The number of amides is 5. The summed E-state index contributed by atoms with van der Waals surface area (Å²) in [5.41, 5.74) is 14.2. The number of pyridine rings is 4.